The molecule has 2 rings (SSSR count). The summed E-state index contributed by atoms with van der Waals surface area (Å²) in [5.74, 6) is 1.52. The number of aromatic nitrogens is 4. The van der Waals surface area contributed by atoms with E-state index in [2.05, 4.69) is 22.0 Å². The van der Waals surface area contributed by atoms with Crippen LogP contribution in [0.1, 0.15) is 44.6 Å². The Kier molecular flexibility index (Phi) is 2.77. The molecular formula is C11H16N4O. The van der Waals surface area contributed by atoms with Crippen LogP contribution in [0.4, 0.5) is 0 Å². The lowest BCUT2D eigenvalue weighted by Crippen LogP contribution is -2.16. The van der Waals surface area contributed by atoms with E-state index in [1.54, 1.807) is 6.07 Å². The number of aryl methyl sites for hydroxylation is 1. The van der Waals surface area contributed by atoms with Crippen molar-refractivity contribution >= 4 is 5.78 Å². The monoisotopic (exact) mass is 220 g/mol. The Balaban J connectivity index is 2.59. The summed E-state index contributed by atoms with van der Waals surface area (Å²) in [6, 6.07) is 1.56. The van der Waals surface area contributed by atoms with Gasteiger partial charge in [0.05, 0.1) is 5.69 Å². The van der Waals surface area contributed by atoms with Gasteiger partial charge in [-0.25, -0.2) is 4.98 Å². The average molecular weight is 220 g/mol. The Hall–Kier alpha value is -1.65. The largest absolute Gasteiger partial charge is 0.275 e. The maximum Gasteiger partial charge on any atom is 0.274 e. The van der Waals surface area contributed by atoms with Gasteiger partial charge in [-0.15, -0.1) is 0 Å². The standard InChI is InChI=1S/C11H16N4O/c1-4-5-9-13-11-12-8(7(2)3)6-10(16)15(11)14-9/h6-7H,4-5H2,1-3H3,(H,12,13,14). The summed E-state index contributed by atoms with van der Waals surface area (Å²) in [6.07, 6.45) is 1.82. The number of hydrogen-bond acceptors (Lipinski definition) is 3. The average Bonchev–Trinajstić information content (AvgIpc) is 2.61. The molecule has 5 nitrogen and oxygen atoms in total. The van der Waals surface area contributed by atoms with E-state index >= 15 is 0 Å². The molecule has 0 unspecified atom stereocenters. The van der Waals surface area contributed by atoms with Crippen LogP contribution >= 0.6 is 0 Å². The zero-order valence-corrected chi connectivity index (χ0v) is 9.82. The van der Waals surface area contributed by atoms with Crippen molar-refractivity contribution in [2.24, 2.45) is 0 Å². The fourth-order valence-electron chi connectivity index (χ4n) is 1.59. The second kappa shape index (κ2) is 4.08. The lowest BCUT2D eigenvalue weighted by atomic mass is 10.1. The SMILES string of the molecule is CCCc1nc2nc(C(C)C)cc(=O)n2[nH]1. The van der Waals surface area contributed by atoms with Crippen LogP contribution in [0.25, 0.3) is 5.78 Å². The number of aromatic amines is 1. The van der Waals surface area contributed by atoms with E-state index in [1.165, 1.54) is 4.52 Å². The van der Waals surface area contributed by atoms with E-state index < -0.39 is 0 Å². The highest BCUT2D eigenvalue weighted by molar-refractivity contribution is 5.28. The highest BCUT2D eigenvalue weighted by Crippen LogP contribution is 2.09. The van der Waals surface area contributed by atoms with Crippen LogP contribution in [-0.2, 0) is 6.42 Å². The Morgan fingerprint density at radius 1 is 1.44 bits per heavy atom. The summed E-state index contributed by atoms with van der Waals surface area (Å²) < 4.78 is 1.40. The van der Waals surface area contributed by atoms with Gasteiger partial charge < -0.3 is 0 Å². The Labute approximate surface area is 93.5 Å². The molecule has 2 aromatic rings. The lowest BCUT2D eigenvalue weighted by Gasteiger charge is -2.01. The van der Waals surface area contributed by atoms with Crippen LogP contribution in [0, 0.1) is 0 Å². The molecule has 0 radical (unpaired) electrons. The number of fused-ring (bicyclic) bond motifs is 1. The van der Waals surface area contributed by atoms with Gasteiger partial charge in [0.1, 0.15) is 5.82 Å². The molecule has 0 fully saturated rings. The second-order valence-corrected chi connectivity index (χ2v) is 4.23. The van der Waals surface area contributed by atoms with Crippen LogP contribution in [0.15, 0.2) is 10.9 Å². The zero-order valence-electron chi connectivity index (χ0n) is 9.82. The molecule has 16 heavy (non-hydrogen) atoms. The van der Waals surface area contributed by atoms with Crippen molar-refractivity contribution in [3.63, 3.8) is 0 Å². The summed E-state index contributed by atoms with van der Waals surface area (Å²) in [5, 5.41) is 2.96. The summed E-state index contributed by atoms with van der Waals surface area (Å²) in [6.45, 7) is 6.10. The first-order valence-corrected chi connectivity index (χ1v) is 5.60. The van der Waals surface area contributed by atoms with Crippen LogP contribution in [0.2, 0.25) is 0 Å². The summed E-state index contributed by atoms with van der Waals surface area (Å²) in [4.78, 5) is 20.4. The first kappa shape index (κ1) is 10.9. The molecule has 1 N–H and O–H groups in total. The van der Waals surface area contributed by atoms with E-state index in [0.717, 1.165) is 24.4 Å². The van der Waals surface area contributed by atoms with Crippen molar-refractivity contribution in [1.82, 2.24) is 19.6 Å². The fourth-order valence-corrected chi connectivity index (χ4v) is 1.59. The Morgan fingerprint density at radius 3 is 2.81 bits per heavy atom. The molecule has 0 aliphatic carbocycles. The molecule has 2 aromatic heterocycles. The third-order valence-electron chi connectivity index (χ3n) is 2.47. The van der Waals surface area contributed by atoms with Crippen molar-refractivity contribution < 1.29 is 0 Å². The van der Waals surface area contributed by atoms with Crippen molar-refractivity contribution in [1.29, 1.82) is 0 Å². The molecule has 86 valence electrons. The van der Waals surface area contributed by atoms with Crippen molar-refractivity contribution in [2.45, 2.75) is 39.5 Å². The van der Waals surface area contributed by atoms with Gasteiger partial charge in [0.2, 0.25) is 0 Å². The van der Waals surface area contributed by atoms with E-state index in [4.69, 9.17) is 0 Å². The highest BCUT2D eigenvalue weighted by Gasteiger charge is 2.09. The van der Waals surface area contributed by atoms with Crippen molar-refractivity contribution in [3.05, 3.63) is 27.9 Å². The molecule has 0 spiro atoms. The number of nitrogens with one attached hydrogen (secondary N) is 1. The molecule has 0 atom stereocenters. The first-order chi connectivity index (χ1) is 7.61. The van der Waals surface area contributed by atoms with Gasteiger partial charge in [0.25, 0.3) is 11.3 Å². The van der Waals surface area contributed by atoms with Gasteiger partial charge in [0, 0.05) is 12.5 Å². The van der Waals surface area contributed by atoms with Crippen LogP contribution in [0.3, 0.4) is 0 Å². The molecule has 0 aliphatic rings. The summed E-state index contributed by atoms with van der Waals surface area (Å²) in [5.41, 5.74) is 0.697. The maximum atomic E-state index is 11.8. The Bertz CT molecular complexity index is 553. The van der Waals surface area contributed by atoms with Gasteiger partial charge in [-0.3, -0.25) is 9.89 Å². The fraction of sp³-hybridized carbons (Fsp3) is 0.545. The normalized spacial score (nSPS) is 11.5. The van der Waals surface area contributed by atoms with Gasteiger partial charge in [0.15, 0.2) is 0 Å². The smallest absolute Gasteiger partial charge is 0.274 e. The molecule has 0 saturated heterocycles. The van der Waals surface area contributed by atoms with Gasteiger partial charge >= 0.3 is 0 Å². The minimum atomic E-state index is -0.0939. The zero-order chi connectivity index (χ0) is 11.7. The van der Waals surface area contributed by atoms with Crippen molar-refractivity contribution in [3.8, 4) is 0 Å². The first-order valence-electron chi connectivity index (χ1n) is 5.60. The molecule has 0 saturated carbocycles. The van der Waals surface area contributed by atoms with Gasteiger partial charge in [-0.05, 0) is 12.3 Å². The van der Waals surface area contributed by atoms with E-state index in [0.29, 0.717) is 5.78 Å². The lowest BCUT2D eigenvalue weighted by molar-refractivity contribution is 0.782. The van der Waals surface area contributed by atoms with Crippen molar-refractivity contribution in [2.75, 3.05) is 0 Å². The number of hydrogen-bond donors (Lipinski definition) is 1. The molecule has 5 heteroatoms. The van der Waals surface area contributed by atoms with E-state index in [1.807, 2.05) is 13.8 Å². The predicted octanol–water partition coefficient (Wildman–Crippen LogP) is 1.49. The highest BCUT2D eigenvalue weighted by atomic mass is 16.1. The van der Waals surface area contributed by atoms with Gasteiger partial charge in [-0.2, -0.15) is 9.50 Å². The molecule has 0 amide bonds. The molecular weight excluding hydrogens is 204 g/mol. The third-order valence-corrected chi connectivity index (χ3v) is 2.47. The van der Waals surface area contributed by atoms with E-state index in [9.17, 15) is 4.79 Å². The molecule has 0 aromatic carbocycles. The van der Waals surface area contributed by atoms with E-state index in [-0.39, 0.29) is 11.5 Å². The molecule has 0 bridgehead atoms. The summed E-state index contributed by atoms with van der Waals surface area (Å²) >= 11 is 0. The predicted molar refractivity (Wildman–Crippen MR) is 61.7 cm³/mol. The summed E-state index contributed by atoms with van der Waals surface area (Å²) in [7, 11) is 0. The topological polar surface area (TPSA) is 63.1 Å². The quantitative estimate of drug-likeness (QED) is 0.852. The molecule has 2 heterocycles. The second-order valence-electron chi connectivity index (χ2n) is 4.23. The van der Waals surface area contributed by atoms with Crippen LogP contribution in [-0.4, -0.2) is 19.6 Å². The maximum absolute atomic E-state index is 11.8. The molecule has 0 aliphatic heterocycles. The third kappa shape index (κ3) is 1.85. The Morgan fingerprint density at radius 2 is 2.19 bits per heavy atom. The number of nitrogens with zero attached hydrogens (tertiary/aromatic N) is 3. The number of H-pyrrole nitrogens is 1. The minimum absolute atomic E-state index is 0.0939. The number of rotatable bonds is 3. The van der Waals surface area contributed by atoms with Gasteiger partial charge in [-0.1, -0.05) is 20.8 Å². The van der Waals surface area contributed by atoms with Crippen LogP contribution < -0.4 is 5.56 Å². The van der Waals surface area contributed by atoms with Crippen LogP contribution in [0.5, 0.6) is 0 Å². The minimum Gasteiger partial charge on any atom is -0.275 e.